The van der Waals surface area contributed by atoms with Gasteiger partial charge in [0.1, 0.15) is 18.1 Å². The van der Waals surface area contributed by atoms with Gasteiger partial charge in [0, 0.05) is 17.7 Å². The molecule has 6 heteroatoms. The number of nitro groups is 1. The normalized spacial score (nSPS) is 11.9. The molecule has 2 rings (SSSR count). The minimum Gasteiger partial charge on any atom is -0.508 e. The number of aliphatic hydroxyl groups is 1. The fourth-order valence-electron chi connectivity index (χ4n) is 1.91. The summed E-state index contributed by atoms with van der Waals surface area (Å²) in [6.07, 6.45) is -0.885. The predicted molar refractivity (Wildman–Crippen MR) is 76.2 cm³/mol. The van der Waals surface area contributed by atoms with E-state index in [0.29, 0.717) is 11.3 Å². The molecule has 0 spiro atoms. The lowest BCUT2D eigenvalue weighted by atomic mass is 10.1. The molecule has 2 N–H and O–H groups in total. The fraction of sp³-hybridized carbons (Fsp3) is 0.200. The quantitative estimate of drug-likeness (QED) is 0.652. The first kappa shape index (κ1) is 14.8. The maximum atomic E-state index is 10.8. The monoisotopic (exact) mass is 289 g/mol. The minimum atomic E-state index is -0.885. The van der Waals surface area contributed by atoms with Crippen molar-refractivity contribution >= 4 is 5.69 Å². The van der Waals surface area contributed by atoms with Crippen LogP contribution >= 0.6 is 0 Å². The number of nitrogens with zero attached hydrogens (tertiary/aromatic N) is 1. The topological polar surface area (TPSA) is 92.8 Å². The van der Waals surface area contributed by atoms with Gasteiger partial charge in [-0.25, -0.2) is 0 Å². The third-order valence-electron chi connectivity index (χ3n) is 2.96. The summed E-state index contributed by atoms with van der Waals surface area (Å²) < 4.78 is 5.58. The molecule has 0 aliphatic heterocycles. The van der Waals surface area contributed by atoms with Gasteiger partial charge in [-0.15, -0.1) is 0 Å². The van der Waals surface area contributed by atoms with E-state index in [-0.39, 0.29) is 18.0 Å². The van der Waals surface area contributed by atoms with Gasteiger partial charge in [-0.3, -0.25) is 10.1 Å². The molecule has 1 atom stereocenters. The van der Waals surface area contributed by atoms with E-state index in [4.69, 9.17) is 4.74 Å². The second kappa shape index (κ2) is 6.23. The Labute approximate surface area is 121 Å². The van der Waals surface area contributed by atoms with Gasteiger partial charge < -0.3 is 14.9 Å². The number of aliphatic hydroxyl groups excluding tert-OH is 1. The molecular formula is C15H15NO5. The lowest BCUT2D eigenvalue weighted by molar-refractivity contribution is -0.385. The molecule has 2 aromatic rings. The molecule has 0 aliphatic rings. The first-order valence-electron chi connectivity index (χ1n) is 6.34. The average molecular weight is 289 g/mol. The molecule has 0 saturated carbocycles. The maximum absolute atomic E-state index is 10.8. The molecule has 0 radical (unpaired) electrons. The lowest BCUT2D eigenvalue weighted by Gasteiger charge is -2.13. The molecule has 21 heavy (non-hydrogen) atoms. The first-order chi connectivity index (χ1) is 9.97. The van der Waals surface area contributed by atoms with Crippen LogP contribution in [0.5, 0.6) is 11.5 Å². The summed E-state index contributed by atoms with van der Waals surface area (Å²) in [4.78, 5) is 10.2. The van der Waals surface area contributed by atoms with E-state index >= 15 is 0 Å². The smallest absolute Gasteiger partial charge is 0.270 e. The number of phenols is 1. The Bertz CT molecular complexity index is 654. The highest BCUT2D eigenvalue weighted by Crippen LogP contribution is 2.30. The van der Waals surface area contributed by atoms with Crippen LogP contribution in [-0.4, -0.2) is 15.1 Å². The zero-order valence-corrected chi connectivity index (χ0v) is 11.4. The third kappa shape index (κ3) is 3.70. The number of hydrogen-bond acceptors (Lipinski definition) is 5. The summed E-state index contributed by atoms with van der Waals surface area (Å²) in [7, 11) is 0. The summed E-state index contributed by atoms with van der Waals surface area (Å²) in [6, 6.07) is 10.7. The Morgan fingerprint density at radius 1 is 1.29 bits per heavy atom. The molecule has 2 aromatic carbocycles. The van der Waals surface area contributed by atoms with E-state index in [0.717, 1.165) is 5.56 Å². The molecule has 0 aromatic heterocycles. The molecule has 0 saturated heterocycles. The number of ether oxygens (including phenoxy) is 1. The van der Waals surface area contributed by atoms with Crippen LogP contribution in [0.15, 0.2) is 42.5 Å². The van der Waals surface area contributed by atoms with Crippen LogP contribution in [0.1, 0.15) is 24.2 Å². The highest BCUT2D eigenvalue weighted by atomic mass is 16.6. The second-order valence-electron chi connectivity index (χ2n) is 4.61. The summed E-state index contributed by atoms with van der Waals surface area (Å²) in [5.41, 5.74) is 1.00. The van der Waals surface area contributed by atoms with Gasteiger partial charge in [0.05, 0.1) is 11.0 Å². The van der Waals surface area contributed by atoms with Gasteiger partial charge in [-0.1, -0.05) is 12.1 Å². The van der Waals surface area contributed by atoms with E-state index in [1.807, 2.05) is 0 Å². The summed E-state index contributed by atoms with van der Waals surface area (Å²) >= 11 is 0. The maximum Gasteiger partial charge on any atom is 0.270 e. The molecule has 0 bridgehead atoms. The van der Waals surface area contributed by atoms with Gasteiger partial charge >= 0.3 is 0 Å². The lowest BCUT2D eigenvalue weighted by Crippen LogP contribution is -2.02. The van der Waals surface area contributed by atoms with Crippen LogP contribution in [0.25, 0.3) is 0 Å². The summed E-state index contributed by atoms with van der Waals surface area (Å²) in [5.74, 6) is 0.509. The van der Waals surface area contributed by atoms with E-state index in [9.17, 15) is 20.3 Å². The second-order valence-corrected chi connectivity index (χ2v) is 4.61. The van der Waals surface area contributed by atoms with Crippen molar-refractivity contribution in [3.05, 3.63) is 63.7 Å². The first-order valence-corrected chi connectivity index (χ1v) is 6.34. The SMILES string of the molecule is C[C@@H](O)c1cc([N+](=O)[O-])ccc1OCc1cccc(O)c1. The van der Waals surface area contributed by atoms with Gasteiger partial charge in [-0.2, -0.15) is 0 Å². The Morgan fingerprint density at radius 2 is 2.05 bits per heavy atom. The Kier molecular flexibility index (Phi) is 4.39. The van der Waals surface area contributed by atoms with Crippen molar-refractivity contribution in [2.75, 3.05) is 0 Å². The number of aromatic hydroxyl groups is 1. The van der Waals surface area contributed by atoms with Gasteiger partial charge in [0.2, 0.25) is 0 Å². The van der Waals surface area contributed by atoms with Crippen LogP contribution in [0.3, 0.4) is 0 Å². The number of nitro benzene ring substituents is 1. The van der Waals surface area contributed by atoms with Crippen molar-refractivity contribution < 1.29 is 19.9 Å². The zero-order chi connectivity index (χ0) is 15.4. The van der Waals surface area contributed by atoms with Crippen LogP contribution in [-0.2, 0) is 6.61 Å². The van der Waals surface area contributed by atoms with Crippen LogP contribution < -0.4 is 4.74 Å². The average Bonchev–Trinajstić information content (AvgIpc) is 2.44. The zero-order valence-electron chi connectivity index (χ0n) is 11.4. The van der Waals surface area contributed by atoms with Crippen molar-refractivity contribution in [2.24, 2.45) is 0 Å². The van der Waals surface area contributed by atoms with Gasteiger partial charge in [-0.05, 0) is 30.7 Å². The van der Waals surface area contributed by atoms with Crippen LogP contribution in [0, 0.1) is 10.1 Å². The van der Waals surface area contributed by atoms with Crippen LogP contribution in [0.2, 0.25) is 0 Å². The molecule has 6 nitrogen and oxygen atoms in total. The Morgan fingerprint density at radius 3 is 2.67 bits per heavy atom. The molecule has 0 fully saturated rings. The standard InChI is InChI=1S/C15H15NO5/c1-10(17)14-8-12(16(19)20)5-6-15(14)21-9-11-3-2-4-13(18)7-11/h2-8,10,17-18H,9H2,1H3/t10-/m1/s1. The van der Waals surface area contributed by atoms with Gasteiger partial charge in [0.25, 0.3) is 5.69 Å². The molecule has 0 aliphatic carbocycles. The number of non-ortho nitro benzene ring substituents is 1. The predicted octanol–water partition coefficient (Wildman–Crippen LogP) is 2.93. The number of hydrogen-bond donors (Lipinski definition) is 2. The van der Waals surface area contributed by atoms with Crippen LogP contribution in [0.4, 0.5) is 5.69 Å². The van der Waals surface area contributed by atoms with Crippen molar-refractivity contribution in [3.63, 3.8) is 0 Å². The number of phenolic OH excluding ortho intramolecular Hbond substituents is 1. The van der Waals surface area contributed by atoms with Crippen molar-refractivity contribution in [3.8, 4) is 11.5 Å². The Hall–Kier alpha value is -2.60. The highest BCUT2D eigenvalue weighted by Gasteiger charge is 2.15. The molecule has 0 heterocycles. The molecule has 0 unspecified atom stereocenters. The summed E-state index contributed by atoms with van der Waals surface area (Å²) in [5, 5.41) is 29.8. The van der Waals surface area contributed by atoms with E-state index in [1.54, 1.807) is 24.3 Å². The summed E-state index contributed by atoms with van der Waals surface area (Å²) in [6.45, 7) is 1.70. The fourth-order valence-corrected chi connectivity index (χ4v) is 1.91. The van der Waals surface area contributed by atoms with Gasteiger partial charge in [0.15, 0.2) is 0 Å². The largest absolute Gasteiger partial charge is 0.508 e. The van der Waals surface area contributed by atoms with E-state index in [2.05, 4.69) is 0 Å². The van der Waals surface area contributed by atoms with Crippen molar-refractivity contribution in [2.45, 2.75) is 19.6 Å². The number of benzene rings is 2. The third-order valence-corrected chi connectivity index (χ3v) is 2.96. The highest BCUT2D eigenvalue weighted by molar-refractivity contribution is 5.45. The van der Waals surface area contributed by atoms with E-state index < -0.39 is 11.0 Å². The minimum absolute atomic E-state index is 0.101. The van der Waals surface area contributed by atoms with E-state index in [1.165, 1.54) is 25.1 Å². The molecule has 0 amide bonds. The van der Waals surface area contributed by atoms with Crippen molar-refractivity contribution in [1.82, 2.24) is 0 Å². The Balaban J connectivity index is 2.21. The number of rotatable bonds is 5. The van der Waals surface area contributed by atoms with Crippen molar-refractivity contribution in [1.29, 1.82) is 0 Å². The molecule has 110 valence electrons. The molecular weight excluding hydrogens is 274 g/mol.